The zero-order chi connectivity index (χ0) is 14.4. The number of benzene rings is 1. The van der Waals surface area contributed by atoms with Crippen molar-refractivity contribution in [3.63, 3.8) is 0 Å². The van der Waals surface area contributed by atoms with Gasteiger partial charge < -0.3 is 9.47 Å². The van der Waals surface area contributed by atoms with Crippen LogP contribution in [0.2, 0.25) is 5.02 Å². The molecule has 6 nitrogen and oxygen atoms in total. The van der Waals surface area contributed by atoms with Crippen LogP contribution in [-0.4, -0.2) is 23.7 Å². The van der Waals surface area contributed by atoms with Gasteiger partial charge in [0, 0.05) is 17.4 Å². The first-order chi connectivity index (χ1) is 9.74. The average Bonchev–Trinajstić information content (AvgIpc) is 2.48. The molecule has 0 spiro atoms. The number of hydrogen-bond acceptors (Lipinski definition) is 6. The highest BCUT2D eigenvalue weighted by atomic mass is 35.5. The quantitative estimate of drug-likeness (QED) is 0.623. The number of nitrogens with two attached hydrogens (primary N) is 1. The number of methoxy groups -OCH3 is 1. The lowest BCUT2D eigenvalue weighted by Gasteiger charge is -2.17. The van der Waals surface area contributed by atoms with Crippen molar-refractivity contribution in [2.75, 3.05) is 13.7 Å². The number of aromatic nitrogens is 2. The molecule has 106 valence electrons. The minimum absolute atomic E-state index is 0.270. The minimum Gasteiger partial charge on any atom is -0.491 e. The topological polar surface area (TPSA) is 82.3 Å². The molecule has 0 fully saturated rings. The smallest absolute Gasteiger partial charge is 0.237 e. The number of nitrogens with one attached hydrogen (secondary N) is 1. The fourth-order valence-corrected chi connectivity index (χ4v) is 1.85. The van der Waals surface area contributed by atoms with E-state index < -0.39 is 0 Å². The maximum atomic E-state index is 5.90. The molecular weight excluding hydrogens is 280 g/mol. The number of hydrazine groups is 1. The molecule has 2 aromatic rings. The third-order valence-corrected chi connectivity index (χ3v) is 2.86. The van der Waals surface area contributed by atoms with Gasteiger partial charge in [0.2, 0.25) is 5.88 Å². The molecule has 0 saturated heterocycles. The Hall–Kier alpha value is -1.89. The van der Waals surface area contributed by atoms with Crippen molar-refractivity contribution in [3.8, 4) is 11.6 Å². The van der Waals surface area contributed by atoms with Gasteiger partial charge in [-0.2, -0.15) is 0 Å². The summed E-state index contributed by atoms with van der Waals surface area (Å²) >= 11 is 5.90. The van der Waals surface area contributed by atoms with Crippen molar-refractivity contribution in [3.05, 3.63) is 47.4 Å². The first kappa shape index (κ1) is 14.5. The van der Waals surface area contributed by atoms with Gasteiger partial charge >= 0.3 is 0 Å². The monoisotopic (exact) mass is 294 g/mol. The van der Waals surface area contributed by atoms with Gasteiger partial charge in [-0.3, -0.25) is 10.8 Å². The Morgan fingerprint density at radius 1 is 1.35 bits per heavy atom. The van der Waals surface area contributed by atoms with E-state index in [1.807, 2.05) is 12.1 Å². The molecule has 3 N–H and O–H groups in total. The summed E-state index contributed by atoms with van der Waals surface area (Å²) in [6.45, 7) is 0.270. The Kier molecular flexibility index (Phi) is 5.11. The summed E-state index contributed by atoms with van der Waals surface area (Å²) in [6.07, 6.45) is 3.12. The maximum absolute atomic E-state index is 5.90. The molecule has 1 unspecified atom stereocenters. The van der Waals surface area contributed by atoms with E-state index in [1.54, 1.807) is 24.5 Å². The van der Waals surface area contributed by atoms with E-state index in [4.69, 9.17) is 26.9 Å². The molecule has 1 heterocycles. The lowest BCUT2D eigenvalue weighted by Crippen LogP contribution is -2.33. The highest BCUT2D eigenvalue weighted by Crippen LogP contribution is 2.22. The summed E-state index contributed by atoms with van der Waals surface area (Å²) in [4.78, 5) is 8.29. The third-order valence-electron chi connectivity index (χ3n) is 2.63. The van der Waals surface area contributed by atoms with E-state index in [-0.39, 0.29) is 12.6 Å². The second-order valence-electron chi connectivity index (χ2n) is 3.94. The van der Waals surface area contributed by atoms with Gasteiger partial charge in [-0.05, 0) is 18.2 Å². The first-order valence-corrected chi connectivity index (χ1v) is 6.31. The highest BCUT2D eigenvalue weighted by molar-refractivity contribution is 6.30. The molecule has 20 heavy (non-hydrogen) atoms. The van der Waals surface area contributed by atoms with Crippen LogP contribution >= 0.6 is 11.6 Å². The number of halogens is 1. The lowest BCUT2D eigenvalue weighted by atomic mass is 10.2. The van der Waals surface area contributed by atoms with Gasteiger partial charge in [-0.1, -0.05) is 17.7 Å². The molecule has 7 heteroatoms. The molecule has 0 aliphatic rings. The Bertz CT molecular complexity index is 568. The zero-order valence-electron chi connectivity index (χ0n) is 10.9. The number of nitrogens with zero attached hydrogens (tertiary/aromatic N) is 2. The van der Waals surface area contributed by atoms with E-state index in [2.05, 4.69) is 15.4 Å². The van der Waals surface area contributed by atoms with Gasteiger partial charge in [0.05, 0.1) is 7.11 Å². The Morgan fingerprint density at radius 3 is 2.85 bits per heavy atom. The summed E-state index contributed by atoms with van der Waals surface area (Å²) in [5.41, 5.74) is 3.22. The maximum Gasteiger partial charge on any atom is 0.237 e. The van der Waals surface area contributed by atoms with E-state index in [0.29, 0.717) is 22.3 Å². The first-order valence-electron chi connectivity index (χ1n) is 5.94. The second-order valence-corrected chi connectivity index (χ2v) is 4.37. The van der Waals surface area contributed by atoms with Crippen molar-refractivity contribution in [2.24, 2.45) is 5.84 Å². The zero-order valence-corrected chi connectivity index (χ0v) is 11.7. The molecule has 0 radical (unpaired) electrons. The molecule has 1 aromatic carbocycles. The molecular formula is C13H15ClN4O2. The normalized spacial score (nSPS) is 11.9. The largest absolute Gasteiger partial charge is 0.491 e. The minimum atomic E-state index is -0.349. The molecule has 0 bridgehead atoms. The molecule has 0 amide bonds. The third kappa shape index (κ3) is 3.57. The van der Waals surface area contributed by atoms with Gasteiger partial charge in [0.15, 0.2) is 0 Å². The van der Waals surface area contributed by atoms with Crippen molar-refractivity contribution in [1.29, 1.82) is 0 Å². The molecule has 0 saturated carbocycles. The van der Waals surface area contributed by atoms with Crippen LogP contribution in [0.25, 0.3) is 0 Å². The van der Waals surface area contributed by atoms with Crippen LogP contribution in [-0.2, 0) is 0 Å². The van der Waals surface area contributed by atoms with Crippen molar-refractivity contribution < 1.29 is 9.47 Å². The molecule has 1 aromatic heterocycles. The van der Waals surface area contributed by atoms with Crippen LogP contribution < -0.4 is 20.7 Å². The summed E-state index contributed by atoms with van der Waals surface area (Å²) < 4.78 is 10.8. The SMILES string of the molecule is COc1nccnc1C(COc1cccc(Cl)c1)NN. The van der Waals surface area contributed by atoms with Gasteiger partial charge in [-0.25, -0.2) is 10.4 Å². The van der Waals surface area contributed by atoms with Gasteiger partial charge in [-0.15, -0.1) is 0 Å². The summed E-state index contributed by atoms with van der Waals surface area (Å²) in [7, 11) is 1.53. The van der Waals surface area contributed by atoms with Crippen LogP contribution in [0.3, 0.4) is 0 Å². The number of rotatable bonds is 6. The second kappa shape index (κ2) is 7.04. The van der Waals surface area contributed by atoms with Crippen molar-refractivity contribution in [1.82, 2.24) is 15.4 Å². The number of ether oxygens (including phenoxy) is 2. The molecule has 2 rings (SSSR count). The average molecular weight is 295 g/mol. The van der Waals surface area contributed by atoms with Crippen LogP contribution in [0.5, 0.6) is 11.6 Å². The molecule has 1 atom stereocenters. The standard InChI is InChI=1S/C13H15ClN4O2/c1-19-13-12(16-5-6-17-13)11(18-15)8-20-10-4-2-3-9(14)7-10/h2-7,11,18H,8,15H2,1H3. The predicted octanol–water partition coefficient (Wildman–Crippen LogP) is 1.72. The van der Waals surface area contributed by atoms with Gasteiger partial charge in [0.1, 0.15) is 24.1 Å². The van der Waals surface area contributed by atoms with E-state index in [0.717, 1.165) is 0 Å². The predicted molar refractivity (Wildman–Crippen MR) is 75.6 cm³/mol. The number of hydrogen-bond donors (Lipinski definition) is 2. The van der Waals surface area contributed by atoms with E-state index in [9.17, 15) is 0 Å². The van der Waals surface area contributed by atoms with E-state index in [1.165, 1.54) is 7.11 Å². The molecule has 0 aliphatic carbocycles. The van der Waals surface area contributed by atoms with Crippen molar-refractivity contribution in [2.45, 2.75) is 6.04 Å². The van der Waals surface area contributed by atoms with Gasteiger partial charge in [0.25, 0.3) is 0 Å². The summed E-state index contributed by atoms with van der Waals surface area (Å²) in [6, 6.07) is 6.78. The van der Waals surface area contributed by atoms with E-state index >= 15 is 0 Å². The van der Waals surface area contributed by atoms with Crippen LogP contribution in [0.4, 0.5) is 0 Å². The van der Waals surface area contributed by atoms with Crippen molar-refractivity contribution >= 4 is 11.6 Å². The highest BCUT2D eigenvalue weighted by Gasteiger charge is 2.18. The fraction of sp³-hybridized carbons (Fsp3) is 0.231. The summed E-state index contributed by atoms with van der Waals surface area (Å²) in [5, 5.41) is 0.608. The Balaban J connectivity index is 2.09. The van der Waals surface area contributed by atoms with Crippen LogP contribution in [0, 0.1) is 0 Å². The van der Waals surface area contributed by atoms with Crippen LogP contribution in [0.15, 0.2) is 36.7 Å². The summed E-state index contributed by atoms with van der Waals surface area (Å²) in [5.74, 6) is 6.60. The Morgan fingerprint density at radius 2 is 2.15 bits per heavy atom. The molecule has 0 aliphatic heterocycles. The van der Waals surface area contributed by atoms with Crippen LogP contribution in [0.1, 0.15) is 11.7 Å². The lowest BCUT2D eigenvalue weighted by molar-refractivity contribution is 0.258. The Labute approximate surface area is 121 Å². The fourth-order valence-electron chi connectivity index (χ4n) is 1.67.